The summed E-state index contributed by atoms with van der Waals surface area (Å²) in [4.78, 5) is 9.77. The molecule has 0 saturated carbocycles. The second-order valence-corrected chi connectivity index (χ2v) is 2.33. The standard InChI is InChI=1S/C7H15FN2O3/c8-7(11)6-13-4-1-3-12-5-2-10-9/h10H,1-6,9H2. The van der Waals surface area contributed by atoms with E-state index in [0.29, 0.717) is 32.8 Å². The van der Waals surface area contributed by atoms with Gasteiger partial charge in [0, 0.05) is 19.8 Å². The Labute approximate surface area is 76.3 Å². The molecular weight excluding hydrogens is 179 g/mol. The van der Waals surface area contributed by atoms with Crippen molar-refractivity contribution < 1.29 is 18.7 Å². The molecule has 0 aliphatic rings. The van der Waals surface area contributed by atoms with Gasteiger partial charge in [-0.15, -0.1) is 0 Å². The zero-order valence-corrected chi connectivity index (χ0v) is 7.42. The van der Waals surface area contributed by atoms with Gasteiger partial charge in [0.25, 0.3) is 0 Å². The smallest absolute Gasteiger partial charge is 0.326 e. The van der Waals surface area contributed by atoms with Crippen LogP contribution in [-0.2, 0) is 14.3 Å². The summed E-state index contributed by atoms with van der Waals surface area (Å²) in [5, 5.41) is 0. The first-order chi connectivity index (χ1) is 6.27. The van der Waals surface area contributed by atoms with Gasteiger partial charge in [-0.3, -0.25) is 16.1 Å². The van der Waals surface area contributed by atoms with Crippen molar-refractivity contribution in [2.45, 2.75) is 6.42 Å². The lowest BCUT2D eigenvalue weighted by Gasteiger charge is -2.03. The molecule has 0 aromatic rings. The maximum Gasteiger partial charge on any atom is 0.326 e. The summed E-state index contributed by atoms with van der Waals surface area (Å²) in [6.45, 7) is 1.49. The molecule has 0 aliphatic heterocycles. The number of hydrogen-bond acceptors (Lipinski definition) is 5. The molecule has 0 aromatic carbocycles. The van der Waals surface area contributed by atoms with Crippen LogP contribution in [0.3, 0.4) is 0 Å². The SMILES string of the molecule is NNCCOCCCOCC(=O)F. The number of nitrogens with one attached hydrogen (secondary N) is 1. The number of carbonyl (C=O) groups excluding carboxylic acids is 1. The highest BCUT2D eigenvalue weighted by molar-refractivity contribution is 5.69. The molecule has 78 valence electrons. The van der Waals surface area contributed by atoms with Gasteiger partial charge in [0.1, 0.15) is 6.61 Å². The summed E-state index contributed by atoms with van der Waals surface area (Å²) >= 11 is 0. The highest BCUT2D eigenvalue weighted by Gasteiger charge is 1.96. The van der Waals surface area contributed by atoms with Gasteiger partial charge >= 0.3 is 6.04 Å². The predicted molar refractivity (Wildman–Crippen MR) is 44.6 cm³/mol. The first-order valence-corrected chi connectivity index (χ1v) is 4.04. The zero-order chi connectivity index (χ0) is 9.94. The van der Waals surface area contributed by atoms with Crippen molar-refractivity contribution in [1.29, 1.82) is 0 Å². The fraction of sp³-hybridized carbons (Fsp3) is 0.857. The lowest BCUT2D eigenvalue weighted by atomic mass is 10.5. The van der Waals surface area contributed by atoms with Crippen molar-refractivity contribution in [2.24, 2.45) is 5.84 Å². The van der Waals surface area contributed by atoms with Gasteiger partial charge in [0.2, 0.25) is 0 Å². The Kier molecular flexibility index (Phi) is 9.12. The van der Waals surface area contributed by atoms with E-state index >= 15 is 0 Å². The number of carbonyl (C=O) groups is 1. The van der Waals surface area contributed by atoms with Crippen molar-refractivity contribution in [1.82, 2.24) is 5.43 Å². The van der Waals surface area contributed by atoms with E-state index < -0.39 is 12.6 Å². The molecule has 0 radical (unpaired) electrons. The Morgan fingerprint density at radius 3 is 2.62 bits per heavy atom. The molecule has 13 heavy (non-hydrogen) atoms. The quantitative estimate of drug-likeness (QED) is 0.221. The highest BCUT2D eigenvalue weighted by atomic mass is 19.1. The Bertz CT molecular complexity index is 135. The Hall–Kier alpha value is -0.560. The van der Waals surface area contributed by atoms with Crippen LogP contribution in [0, 0.1) is 0 Å². The van der Waals surface area contributed by atoms with Crippen molar-refractivity contribution in [3.05, 3.63) is 0 Å². The van der Waals surface area contributed by atoms with Gasteiger partial charge in [-0.25, -0.2) is 0 Å². The van der Waals surface area contributed by atoms with Gasteiger partial charge in [-0.2, -0.15) is 4.39 Å². The third kappa shape index (κ3) is 11.4. The molecule has 0 atom stereocenters. The van der Waals surface area contributed by atoms with E-state index in [1.807, 2.05) is 0 Å². The molecule has 0 unspecified atom stereocenters. The molecule has 0 heterocycles. The normalized spacial score (nSPS) is 10.3. The van der Waals surface area contributed by atoms with Crippen LogP contribution in [0.5, 0.6) is 0 Å². The maximum atomic E-state index is 11.6. The monoisotopic (exact) mass is 194 g/mol. The van der Waals surface area contributed by atoms with E-state index in [2.05, 4.69) is 10.2 Å². The minimum Gasteiger partial charge on any atom is -0.380 e. The third-order valence-electron chi connectivity index (χ3n) is 1.18. The molecule has 0 rings (SSSR count). The zero-order valence-electron chi connectivity index (χ0n) is 7.42. The summed E-state index contributed by atoms with van der Waals surface area (Å²) in [5.41, 5.74) is 2.43. The highest BCUT2D eigenvalue weighted by Crippen LogP contribution is 1.85. The Balaban J connectivity index is 2.87. The number of ether oxygens (including phenoxy) is 2. The van der Waals surface area contributed by atoms with E-state index in [1.165, 1.54) is 0 Å². The van der Waals surface area contributed by atoms with Gasteiger partial charge in [-0.05, 0) is 6.42 Å². The van der Waals surface area contributed by atoms with Crippen LogP contribution in [-0.4, -0.2) is 39.0 Å². The van der Waals surface area contributed by atoms with Crippen LogP contribution in [0.4, 0.5) is 4.39 Å². The molecule has 0 fully saturated rings. The molecule has 0 aromatic heterocycles. The van der Waals surface area contributed by atoms with Crippen LogP contribution in [0.15, 0.2) is 0 Å². The molecule has 0 spiro atoms. The van der Waals surface area contributed by atoms with E-state index in [1.54, 1.807) is 0 Å². The van der Waals surface area contributed by atoms with Gasteiger partial charge < -0.3 is 9.47 Å². The van der Waals surface area contributed by atoms with Crippen LogP contribution >= 0.6 is 0 Å². The van der Waals surface area contributed by atoms with Crippen molar-refractivity contribution in [3.8, 4) is 0 Å². The second kappa shape index (κ2) is 9.53. The van der Waals surface area contributed by atoms with E-state index in [4.69, 9.17) is 10.6 Å². The van der Waals surface area contributed by atoms with Crippen molar-refractivity contribution >= 4 is 6.04 Å². The predicted octanol–water partition coefficient (Wildman–Crippen LogP) is -0.631. The van der Waals surface area contributed by atoms with Gasteiger partial charge in [0.15, 0.2) is 0 Å². The number of halogens is 1. The van der Waals surface area contributed by atoms with Gasteiger partial charge in [0.05, 0.1) is 6.61 Å². The lowest BCUT2D eigenvalue weighted by molar-refractivity contribution is -0.134. The number of hydrazine groups is 1. The Morgan fingerprint density at radius 2 is 2.00 bits per heavy atom. The van der Waals surface area contributed by atoms with E-state index in [0.717, 1.165) is 0 Å². The molecular formula is C7H15FN2O3. The first kappa shape index (κ1) is 12.4. The topological polar surface area (TPSA) is 73.6 Å². The number of nitrogens with two attached hydrogens (primary N) is 1. The molecule has 3 N–H and O–H groups in total. The molecule has 0 aliphatic carbocycles. The average molecular weight is 194 g/mol. The Morgan fingerprint density at radius 1 is 1.31 bits per heavy atom. The summed E-state index contributed by atoms with van der Waals surface area (Å²) < 4.78 is 21.3. The maximum absolute atomic E-state index is 11.6. The summed E-state index contributed by atoms with van der Waals surface area (Å²) in [6.07, 6.45) is 0.637. The molecule has 0 bridgehead atoms. The molecule has 5 nitrogen and oxygen atoms in total. The molecule has 0 saturated heterocycles. The fourth-order valence-electron chi connectivity index (χ4n) is 0.649. The number of hydrogen-bond donors (Lipinski definition) is 2. The van der Waals surface area contributed by atoms with E-state index in [9.17, 15) is 9.18 Å². The minimum absolute atomic E-state index is 0.325. The van der Waals surface area contributed by atoms with Gasteiger partial charge in [-0.1, -0.05) is 0 Å². The fourth-order valence-corrected chi connectivity index (χ4v) is 0.649. The number of rotatable bonds is 9. The molecule has 6 heteroatoms. The van der Waals surface area contributed by atoms with Crippen LogP contribution < -0.4 is 11.3 Å². The summed E-state index contributed by atoms with van der Waals surface area (Å²) in [6, 6.07) is -1.45. The van der Waals surface area contributed by atoms with Crippen LogP contribution in [0.1, 0.15) is 6.42 Å². The van der Waals surface area contributed by atoms with E-state index in [-0.39, 0.29) is 0 Å². The largest absolute Gasteiger partial charge is 0.380 e. The lowest BCUT2D eigenvalue weighted by Crippen LogP contribution is -2.26. The second-order valence-electron chi connectivity index (χ2n) is 2.33. The van der Waals surface area contributed by atoms with Crippen molar-refractivity contribution in [2.75, 3.05) is 33.0 Å². The average Bonchev–Trinajstić information content (AvgIpc) is 2.09. The third-order valence-corrected chi connectivity index (χ3v) is 1.18. The summed E-state index contributed by atoms with van der Waals surface area (Å²) in [7, 11) is 0. The van der Waals surface area contributed by atoms with Crippen LogP contribution in [0.25, 0.3) is 0 Å². The first-order valence-electron chi connectivity index (χ1n) is 4.04. The summed E-state index contributed by atoms with van der Waals surface area (Å²) in [5.74, 6) is 4.99. The minimum atomic E-state index is -1.45. The van der Waals surface area contributed by atoms with Crippen LogP contribution in [0.2, 0.25) is 0 Å². The molecule has 0 amide bonds. The van der Waals surface area contributed by atoms with Crippen molar-refractivity contribution in [3.63, 3.8) is 0 Å².